The van der Waals surface area contributed by atoms with Gasteiger partial charge in [0.25, 0.3) is 0 Å². The summed E-state index contributed by atoms with van der Waals surface area (Å²) < 4.78 is 0. The van der Waals surface area contributed by atoms with Gasteiger partial charge in [0.1, 0.15) is 12.3 Å². The number of anilines is 1. The van der Waals surface area contributed by atoms with Crippen LogP contribution in [-0.4, -0.2) is 9.94 Å². The monoisotopic (exact) mass is 265 g/mol. The lowest BCUT2D eigenvalue weighted by atomic mass is 10.1. The van der Waals surface area contributed by atoms with Gasteiger partial charge in [-0.25, -0.2) is 0 Å². The average Bonchev–Trinajstić information content (AvgIpc) is 2.95. The Morgan fingerprint density at radius 3 is 2.50 bits per heavy atom. The van der Waals surface area contributed by atoms with Gasteiger partial charge < -0.3 is 10.6 Å². The van der Waals surface area contributed by atoms with E-state index in [9.17, 15) is 0 Å². The van der Waals surface area contributed by atoms with Crippen LogP contribution in [0.2, 0.25) is 0 Å². The van der Waals surface area contributed by atoms with Crippen molar-refractivity contribution in [1.82, 2.24) is 9.94 Å². The van der Waals surface area contributed by atoms with Crippen molar-refractivity contribution in [3.63, 3.8) is 0 Å². The van der Waals surface area contributed by atoms with Gasteiger partial charge in [0.05, 0.1) is 6.20 Å². The van der Waals surface area contributed by atoms with E-state index < -0.39 is 0 Å². The van der Waals surface area contributed by atoms with Gasteiger partial charge in [0.2, 0.25) is 0 Å². The Labute approximate surface area is 117 Å². The fraction of sp³-hybridized carbons (Fsp3) is 0.0625. The van der Waals surface area contributed by atoms with E-state index in [1.54, 1.807) is 6.20 Å². The van der Waals surface area contributed by atoms with Crippen LogP contribution in [-0.2, 0) is 6.61 Å². The predicted octanol–water partition coefficient (Wildman–Crippen LogP) is 2.76. The van der Waals surface area contributed by atoms with Crippen LogP contribution in [0.25, 0.3) is 11.3 Å². The molecule has 0 bridgehead atoms. The maximum absolute atomic E-state index is 5.99. The quantitative estimate of drug-likeness (QED) is 0.738. The standard InChI is InChI=1S/C16H15N3O/c17-15-9-5-4-8-14(15)16-10-11-18-19(16)20-12-13-6-2-1-3-7-13/h1-11H,12,17H2. The minimum Gasteiger partial charge on any atom is -0.398 e. The third-order valence-electron chi connectivity index (χ3n) is 3.04. The lowest BCUT2D eigenvalue weighted by Crippen LogP contribution is -2.14. The molecule has 0 amide bonds. The molecular formula is C16H15N3O. The van der Waals surface area contributed by atoms with Crippen LogP contribution < -0.4 is 10.6 Å². The Hall–Kier alpha value is -2.75. The fourth-order valence-corrected chi connectivity index (χ4v) is 2.03. The normalized spacial score (nSPS) is 10.4. The first kappa shape index (κ1) is 12.3. The summed E-state index contributed by atoms with van der Waals surface area (Å²) in [6, 6.07) is 19.5. The first-order valence-corrected chi connectivity index (χ1v) is 6.41. The van der Waals surface area contributed by atoms with Crippen molar-refractivity contribution in [3.05, 3.63) is 72.4 Å². The zero-order chi connectivity index (χ0) is 13.8. The van der Waals surface area contributed by atoms with Gasteiger partial charge in [0, 0.05) is 11.3 Å². The summed E-state index contributed by atoms with van der Waals surface area (Å²) >= 11 is 0. The molecule has 0 atom stereocenters. The molecule has 0 aliphatic rings. The lowest BCUT2D eigenvalue weighted by Gasteiger charge is -2.10. The van der Waals surface area contributed by atoms with Crippen molar-refractivity contribution in [2.24, 2.45) is 0 Å². The van der Waals surface area contributed by atoms with Crippen LogP contribution in [0.4, 0.5) is 5.69 Å². The molecule has 4 nitrogen and oxygen atoms in total. The molecule has 0 saturated carbocycles. The average molecular weight is 265 g/mol. The fourth-order valence-electron chi connectivity index (χ4n) is 2.03. The number of nitrogen functional groups attached to an aromatic ring is 1. The number of nitrogens with zero attached hydrogens (tertiary/aromatic N) is 2. The van der Waals surface area contributed by atoms with E-state index in [1.807, 2.05) is 60.7 Å². The van der Waals surface area contributed by atoms with Crippen LogP contribution in [0, 0.1) is 0 Å². The van der Waals surface area contributed by atoms with Crippen LogP contribution in [0.5, 0.6) is 0 Å². The molecule has 0 spiro atoms. The number of para-hydroxylation sites is 1. The first-order chi connectivity index (χ1) is 9.84. The lowest BCUT2D eigenvalue weighted by molar-refractivity contribution is 0.0737. The molecule has 1 aromatic heterocycles. The van der Waals surface area contributed by atoms with Gasteiger partial charge in [-0.15, -0.1) is 5.10 Å². The maximum Gasteiger partial charge on any atom is 0.142 e. The number of hydrogen-bond donors (Lipinski definition) is 1. The van der Waals surface area contributed by atoms with E-state index in [-0.39, 0.29) is 0 Å². The summed E-state index contributed by atoms with van der Waals surface area (Å²) in [7, 11) is 0. The number of nitrogens with two attached hydrogens (primary N) is 1. The van der Waals surface area contributed by atoms with Crippen LogP contribution in [0.1, 0.15) is 5.56 Å². The van der Waals surface area contributed by atoms with Gasteiger partial charge in [-0.3, -0.25) is 0 Å². The van der Waals surface area contributed by atoms with E-state index in [1.165, 1.54) is 4.85 Å². The molecule has 0 radical (unpaired) electrons. The molecule has 0 aliphatic carbocycles. The van der Waals surface area contributed by atoms with Crippen molar-refractivity contribution < 1.29 is 4.84 Å². The van der Waals surface area contributed by atoms with Crippen molar-refractivity contribution >= 4 is 5.69 Å². The predicted molar refractivity (Wildman–Crippen MR) is 78.8 cm³/mol. The van der Waals surface area contributed by atoms with Crippen LogP contribution >= 0.6 is 0 Å². The van der Waals surface area contributed by atoms with E-state index in [0.29, 0.717) is 12.3 Å². The summed E-state index contributed by atoms with van der Waals surface area (Å²) in [5, 5.41) is 4.19. The van der Waals surface area contributed by atoms with Gasteiger partial charge in [-0.2, -0.15) is 0 Å². The second-order valence-electron chi connectivity index (χ2n) is 4.44. The molecule has 2 N–H and O–H groups in total. The Morgan fingerprint density at radius 2 is 1.70 bits per heavy atom. The third kappa shape index (κ3) is 2.49. The molecule has 1 heterocycles. The Kier molecular flexibility index (Phi) is 3.37. The SMILES string of the molecule is Nc1ccccc1-c1ccnn1OCc1ccccc1. The van der Waals surface area contributed by atoms with Gasteiger partial charge in [-0.05, 0) is 17.7 Å². The number of aromatic nitrogens is 2. The number of benzene rings is 2. The molecule has 0 unspecified atom stereocenters. The first-order valence-electron chi connectivity index (χ1n) is 6.41. The summed E-state index contributed by atoms with van der Waals surface area (Å²) in [6.07, 6.45) is 1.70. The van der Waals surface area contributed by atoms with Gasteiger partial charge in [0.15, 0.2) is 0 Å². The number of rotatable bonds is 4. The minimum atomic E-state index is 0.461. The summed E-state index contributed by atoms with van der Waals surface area (Å²) in [6.45, 7) is 0.461. The van der Waals surface area contributed by atoms with Crippen molar-refractivity contribution in [1.29, 1.82) is 0 Å². The highest BCUT2D eigenvalue weighted by molar-refractivity contribution is 5.73. The molecule has 0 aliphatic heterocycles. The van der Waals surface area contributed by atoms with Gasteiger partial charge >= 0.3 is 0 Å². The van der Waals surface area contributed by atoms with E-state index in [2.05, 4.69) is 5.10 Å². The highest BCUT2D eigenvalue weighted by Crippen LogP contribution is 2.24. The zero-order valence-electron chi connectivity index (χ0n) is 10.9. The van der Waals surface area contributed by atoms with E-state index in [4.69, 9.17) is 10.6 Å². The smallest absolute Gasteiger partial charge is 0.142 e. The summed E-state index contributed by atoms with van der Waals surface area (Å²) in [5.74, 6) is 0. The van der Waals surface area contributed by atoms with Crippen molar-refractivity contribution in [2.45, 2.75) is 6.61 Å². The van der Waals surface area contributed by atoms with Crippen LogP contribution in [0.15, 0.2) is 66.9 Å². The summed E-state index contributed by atoms with van der Waals surface area (Å²) in [4.78, 5) is 7.24. The molecule has 2 aromatic carbocycles. The Balaban J connectivity index is 1.83. The van der Waals surface area contributed by atoms with Crippen molar-refractivity contribution in [2.75, 3.05) is 5.73 Å². The molecule has 0 saturated heterocycles. The molecule has 4 heteroatoms. The van der Waals surface area contributed by atoms with E-state index >= 15 is 0 Å². The zero-order valence-corrected chi connectivity index (χ0v) is 10.9. The van der Waals surface area contributed by atoms with Crippen LogP contribution in [0.3, 0.4) is 0 Å². The topological polar surface area (TPSA) is 53.1 Å². The molecular weight excluding hydrogens is 250 g/mol. The highest BCUT2D eigenvalue weighted by Gasteiger charge is 2.09. The minimum absolute atomic E-state index is 0.461. The third-order valence-corrected chi connectivity index (χ3v) is 3.04. The molecule has 3 aromatic rings. The second kappa shape index (κ2) is 5.48. The highest BCUT2D eigenvalue weighted by atomic mass is 16.7. The largest absolute Gasteiger partial charge is 0.398 e. The van der Waals surface area contributed by atoms with Gasteiger partial charge in [-0.1, -0.05) is 53.4 Å². The van der Waals surface area contributed by atoms with Crippen molar-refractivity contribution in [3.8, 4) is 11.3 Å². The Morgan fingerprint density at radius 1 is 0.950 bits per heavy atom. The second-order valence-corrected chi connectivity index (χ2v) is 4.44. The molecule has 20 heavy (non-hydrogen) atoms. The molecule has 3 rings (SSSR count). The molecule has 100 valence electrons. The summed E-state index contributed by atoms with van der Waals surface area (Å²) in [5.41, 5.74) is 9.55. The maximum atomic E-state index is 5.99. The Bertz CT molecular complexity index is 692. The number of hydrogen-bond acceptors (Lipinski definition) is 3. The van der Waals surface area contributed by atoms with E-state index in [0.717, 1.165) is 16.8 Å². The molecule has 0 fully saturated rings.